The molecule has 0 saturated carbocycles. The number of hydrogen-bond acceptors (Lipinski definition) is 5. The molecule has 0 fully saturated rings. The Balaban J connectivity index is 1.60. The van der Waals surface area contributed by atoms with E-state index in [-0.39, 0.29) is 12.2 Å². The van der Waals surface area contributed by atoms with Crippen molar-refractivity contribution in [2.75, 3.05) is 0 Å². The summed E-state index contributed by atoms with van der Waals surface area (Å²) in [6, 6.07) is 10.3. The van der Waals surface area contributed by atoms with Gasteiger partial charge in [0.25, 0.3) is 5.56 Å². The number of aryl methyl sites for hydroxylation is 1. The van der Waals surface area contributed by atoms with Crippen LogP contribution in [0.3, 0.4) is 0 Å². The summed E-state index contributed by atoms with van der Waals surface area (Å²) in [5.41, 5.74) is 2.68. The number of H-pyrrole nitrogens is 1. The van der Waals surface area contributed by atoms with Gasteiger partial charge >= 0.3 is 5.97 Å². The van der Waals surface area contributed by atoms with Crippen LogP contribution in [0.15, 0.2) is 53.6 Å². The number of nitrogens with one attached hydrogen (secondary N) is 1. The fourth-order valence-electron chi connectivity index (χ4n) is 2.69. The molecule has 4 aromatic rings. The van der Waals surface area contributed by atoms with Gasteiger partial charge in [-0.25, -0.2) is 9.78 Å². The fourth-order valence-corrected chi connectivity index (χ4v) is 2.69. The number of esters is 1. The number of carbonyl (C=O) groups excluding carboxylic acids is 1. The van der Waals surface area contributed by atoms with Gasteiger partial charge in [0.1, 0.15) is 12.3 Å². The zero-order valence-corrected chi connectivity index (χ0v) is 13.4. The zero-order chi connectivity index (χ0) is 17.4. The average molecular weight is 334 g/mol. The minimum Gasteiger partial charge on any atom is -0.456 e. The first kappa shape index (κ1) is 15.1. The molecule has 124 valence electrons. The smallest absolute Gasteiger partial charge is 0.340 e. The van der Waals surface area contributed by atoms with E-state index in [0.29, 0.717) is 22.4 Å². The zero-order valence-electron chi connectivity index (χ0n) is 13.4. The highest BCUT2D eigenvalue weighted by atomic mass is 16.5. The number of rotatable bonds is 3. The Hall–Kier alpha value is -3.48. The minimum atomic E-state index is -0.499. The molecular formula is C18H14N4O3. The number of fused-ring (bicyclic) bond motifs is 2. The van der Waals surface area contributed by atoms with E-state index in [1.165, 1.54) is 10.5 Å². The number of ether oxygens (including phenoxy) is 1. The van der Waals surface area contributed by atoms with Crippen LogP contribution >= 0.6 is 0 Å². The maximum absolute atomic E-state index is 12.3. The number of benzene rings is 1. The standard InChI is InChI=1S/C18H14N4O3/c1-11-5-6-15-20-13(7-16(23)22(15)9-11)10-25-18(24)14-4-2-3-12-8-19-21-17(12)14/h2-9H,10H2,1H3,(H,19,21). The fraction of sp³-hybridized carbons (Fsp3) is 0.111. The van der Waals surface area contributed by atoms with Crippen molar-refractivity contribution in [3.8, 4) is 0 Å². The van der Waals surface area contributed by atoms with Crippen LogP contribution in [-0.4, -0.2) is 25.6 Å². The van der Waals surface area contributed by atoms with Gasteiger partial charge in [0.2, 0.25) is 0 Å². The Labute approximate surface area is 141 Å². The SMILES string of the molecule is Cc1ccc2nc(COC(=O)c3cccc4cn[nH]c34)cc(=O)n2c1. The lowest BCUT2D eigenvalue weighted by molar-refractivity contribution is 0.0470. The van der Waals surface area contributed by atoms with Crippen molar-refractivity contribution in [3.63, 3.8) is 0 Å². The second kappa shape index (κ2) is 5.86. The normalized spacial score (nSPS) is 11.1. The highest BCUT2D eigenvalue weighted by Gasteiger charge is 2.13. The molecule has 4 rings (SSSR count). The van der Waals surface area contributed by atoms with Gasteiger partial charge in [-0.3, -0.25) is 14.3 Å². The summed E-state index contributed by atoms with van der Waals surface area (Å²) >= 11 is 0. The van der Waals surface area contributed by atoms with E-state index in [9.17, 15) is 9.59 Å². The van der Waals surface area contributed by atoms with E-state index >= 15 is 0 Å². The summed E-state index contributed by atoms with van der Waals surface area (Å²) in [7, 11) is 0. The molecular weight excluding hydrogens is 320 g/mol. The number of pyridine rings is 1. The van der Waals surface area contributed by atoms with Crippen molar-refractivity contribution in [3.05, 3.63) is 76.0 Å². The van der Waals surface area contributed by atoms with Crippen LogP contribution in [0.25, 0.3) is 16.6 Å². The summed E-state index contributed by atoms with van der Waals surface area (Å²) in [6.07, 6.45) is 3.36. The van der Waals surface area contributed by atoms with Crippen molar-refractivity contribution < 1.29 is 9.53 Å². The van der Waals surface area contributed by atoms with Crippen LogP contribution in [0.4, 0.5) is 0 Å². The van der Waals surface area contributed by atoms with Gasteiger partial charge in [0.15, 0.2) is 0 Å². The lowest BCUT2D eigenvalue weighted by Gasteiger charge is -2.07. The Morgan fingerprint density at radius 2 is 2.16 bits per heavy atom. The van der Waals surface area contributed by atoms with Gasteiger partial charge in [0, 0.05) is 17.6 Å². The molecule has 25 heavy (non-hydrogen) atoms. The third-order valence-electron chi connectivity index (χ3n) is 3.91. The molecule has 3 aromatic heterocycles. The van der Waals surface area contributed by atoms with E-state index < -0.39 is 5.97 Å². The van der Waals surface area contributed by atoms with Crippen molar-refractivity contribution in [2.45, 2.75) is 13.5 Å². The predicted octanol–water partition coefficient (Wildman–Crippen LogP) is 2.24. The first-order chi connectivity index (χ1) is 12.1. The molecule has 0 aliphatic heterocycles. The number of nitrogens with zero attached hydrogens (tertiary/aromatic N) is 3. The minimum absolute atomic E-state index is 0.0804. The van der Waals surface area contributed by atoms with Crippen LogP contribution in [0.1, 0.15) is 21.6 Å². The van der Waals surface area contributed by atoms with E-state index in [4.69, 9.17) is 4.74 Å². The highest BCUT2D eigenvalue weighted by molar-refractivity contribution is 6.02. The number of carbonyl (C=O) groups is 1. The molecule has 0 amide bonds. The molecule has 0 radical (unpaired) electrons. The molecule has 7 heteroatoms. The van der Waals surface area contributed by atoms with Crippen LogP contribution in [0.2, 0.25) is 0 Å². The van der Waals surface area contributed by atoms with Gasteiger partial charge < -0.3 is 4.74 Å². The summed E-state index contributed by atoms with van der Waals surface area (Å²) in [4.78, 5) is 28.9. The van der Waals surface area contributed by atoms with Crippen molar-refractivity contribution >= 4 is 22.5 Å². The van der Waals surface area contributed by atoms with Gasteiger partial charge in [-0.2, -0.15) is 5.10 Å². The average Bonchev–Trinajstić information content (AvgIpc) is 3.09. The molecule has 1 aromatic carbocycles. The number of aromatic nitrogens is 4. The van der Waals surface area contributed by atoms with Crippen LogP contribution in [0, 0.1) is 6.92 Å². The third kappa shape index (κ3) is 2.76. The van der Waals surface area contributed by atoms with Crippen molar-refractivity contribution in [2.24, 2.45) is 0 Å². The van der Waals surface area contributed by atoms with Gasteiger partial charge in [-0.1, -0.05) is 18.2 Å². The number of aromatic amines is 1. The maximum Gasteiger partial charge on any atom is 0.340 e. The molecule has 0 atom stereocenters. The maximum atomic E-state index is 12.3. The largest absolute Gasteiger partial charge is 0.456 e. The van der Waals surface area contributed by atoms with Gasteiger partial charge in [-0.15, -0.1) is 0 Å². The molecule has 1 N–H and O–H groups in total. The second-order valence-corrected chi connectivity index (χ2v) is 5.74. The van der Waals surface area contributed by atoms with Crippen LogP contribution in [0.5, 0.6) is 0 Å². The third-order valence-corrected chi connectivity index (χ3v) is 3.91. The van der Waals surface area contributed by atoms with E-state index in [0.717, 1.165) is 10.9 Å². The van der Waals surface area contributed by atoms with Gasteiger partial charge in [0.05, 0.1) is 23.0 Å². The Kier molecular flexibility index (Phi) is 3.53. The second-order valence-electron chi connectivity index (χ2n) is 5.74. The summed E-state index contributed by atoms with van der Waals surface area (Å²) in [6.45, 7) is 1.82. The van der Waals surface area contributed by atoms with Crippen LogP contribution in [-0.2, 0) is 11.3 Å². The topological polar surface area (TPSA) is 89.3 Å². The van der Waals surface area contributed by atoms with E-state index in [1.54, 1.807) is 30.6 Å². The molecule has 0 unspecified atom stereocenters. The van der Waals surface area contributed by atoms with Gasteiger partial charge in [-0.05, 0) is 24.6 Å². The Morgan fingerprint density at radius 3 is 3.04 bits per heavy atom. The first-order valence-corrected chi connectivity index (χ1v) is 7.70. The number of hydrogen-bond donors (Lipinski definition) is 1. The molecule has 0 aliphatic carbocycles. The molecule has 0 saturated heterocycles. The number of para-hydroxylation sites is 1. The summed E-state index contributed by atoms with van der Waals surface area (Å²) in [5, 5.41) is 7.54. The Bertz CT molecular complexity index is 1160. The first-order valence-electron chi connectivity index (χ1n) is 7.70. The van der Waals surface area contributed by atoms with E-state index in [1.807, 2.05) is 19.1 Å². The van der Waals surface area contributed by atoms with E-state index in [2.05, 4.69) is 15.2 Å². The molecule has 7 nitrogen and oxygen atoms in total. The lowest BCUT2D eigenvalue weighted by atomic mass is 10.1. The quantitative estimate of drug-likeness (QED) is 0.580. The van der Waals surface area contributed by atoms with Crippen LogP contribution < -0.4 is 5.56 Å². The molecule has 0 bridgehead atoms. The summed E-state index contributed by atoms with van der Waals surface area (Å²) < 4.78 is 6.79. The van der Waals surface area contributed by atoms with Crippen molar-refractivity contribution in [1.29, 1.82) is 0 Å². The molecule has 0 spiro atoms. The lowest BCUT2D eigenvalue weighted by Crippen LogP contribution is -2.17. The molecule has 0 aliphatic rings. The molecule has 3 heterocycles. The Morgan fingerprint density at radius 1 is 1.28 bits per heavy atom. The highest BCUT2D eigenvalue weighted by Crippen LogP contribution is 2.17. The summed E-state index contributed by atoms with van der Waals surface area (Å²) in [5.74, 6) is -0.499. The van der Waals surface area contributed by atoms with Crippen molar-refractivity contribution in [1.82, 2.24) is 19.6 Å². The predicted molar refractivity (Wildman–Crippen MR) is 91.4 cm³/mol. The monoisotopic (exact) mass is 334 g/mol.